The van der Waals surface area contributed by atoms with E-state index in [1.165, 1.54) is 12.1 Å². The lowest BCUT2D eigenvalue weighted by atomic mass is 9.83. The summed E-state index contributed by atoms with van der Waals surface area (Å²) in [6.07, 6.45) is 3.99. The van der Waals surface area contributed by atoms with E-state index in [4.69, 9.17) is 17.3 Å². The van der Waals surface area contributed by atoms with Crippen LogP contribution in [-0.2, 0) is 11.2 Å². The zero-order valence-corrected chi connectivity index (χ0v) is 11.5. The molecule has 5 heteroatoms. The first-order valence-electron chi connectivity index (χ1n) is 6.52. The van der Waals surface area contributed by atoms with E-state index < -0.39 is 11.4 Å². The second kappa shape index (κ2) is 5.88. The quantitative estimate of drug-likeness (QED) is 0.892. The fourth-order valence-corrected chi connectivity index (χ4v) is 2.69. The number of rotatable bonds is 4. The highest BCUT2D eigenvalue weighted by Gasteiger charge is 2.36. The Hall–Kier alpha value is -1.13. The number of piperidine rings is 1. The molecule has 0 saturated carbocycles. The molecule has 0 aliphatic carbocycles. The first-order valence-corrected chi connectivity index (χ1v) is 6.90. The molecule has 0 unspecified atom stereocenters. The van der Waals surface area contributed by atoms with Crippen molar-refractivity contribution >= 4 is 17.5 Å². The van der Waals surface area contributed by atoms with Crippen LogP contribution in [-0.4, -0.2) is 18.0 Å². The van der Waals surface area contributed by atoms with Crippen molar-refractivity contribution < 1.29 is 9.18 Å². The van der Waals surface area contributed by atoms with Crippen molar-refractivity contribution in [2.75, 3.05) is 6.54 Å². The fraction of sp³-hybridized carbons (Fsp3) is 0.500. The van der Waals surface area contributed by atoms with Crippen LogP contribution in [0.2, 0.25) is 5.02 Å². The number of nitrogens with two attached hydrogens (primary N) is 1. The predicted octanol–water partition coefficient (Wildman–Crippen LogP) is 2.41. The highest BCUT2D eigenvalue weighted by molar-refractivity contribution is 6.30. The van der Waals surface area contributed by atoms with Crippen molar-refractivity contribution in [1.29, 1.82) is 0 Å². The average Bonchev–Trinajstić information content (AvgIpc) is 2.41. The van der Waals surface area contributed by atoms with Crippen LogP contribution in [0.5, 0.6) is 0 Å². The minimum Gasteiger partial charge on any atom is -0.368 e. The van der Waals surface area contributed by atoms with Crippen LogP contribution in [0.15, 0.2) is 18.2 Å². The lowest BCUT2D eigenvalue weighted by Gasteiger charge is -2.35. The third-order valence-corrected chi connectivity index (χ3v) is 4.10. The Morgan fingerprint density at radius 2 is 2.26 bits per heavy atom. The first-order chi connectivity index (χ1) is 9.03. The average molecular weight is 285 g/mol. The molecule has 1 aliphatic heterocycles. The maximum Gasteiger partial charge on any atom is 0.237 e. The maximum absolute atomic E-state index is 13.4. The van der Waals surface area contributed by atoms with Gasteiger partial charge in [-0.25, -0.2) is 4.39 Å². The summed E-state index contributed by atoms with van der Waals surface area (Å²) in [5, 5.41) is 3.35. The van der Waals surface area contributed by atoms with E-state index >= 15 is 0 Å². The number of carbonyl (C=O) groups is 1. The van der Waals surface area contributed by atoms with E-state index in [2.05, 4.69) is 5.32 Å². The summed E-state index contributed by atoms with van der Waals surface area (Å²) in [7, 11) is 0. The Labute approximate surface area is 117 Å². The van der Waals surface area contributed by atoms with Gasteiger partial charge < -0.3 is 11.1 Å². The number of hydrogen-bond donors (Lipinski definition) is 2. The van der Waals surface area contributed by atoms with Crippen molar-refractivity contribution in [1.82, 2.24) is 5.32 Å². The van der Waals surface area contributed by atoms with Crippen LogP contribution in [0.1, 0.15) is 31.2 Å². The van der Waals surface area contributed by atoms with Gasteiger partial charge in [0.25, 0.3) is 0 Å². The van der Waals surface area contributed by atoms with Gasteiger partial charge in [0, 0.05) is 0 Å². The second-order valence-corrected chi connectivity index (χ2v) is 5.49. The minimum absolute atomic E-state index is 0.115. The van der Waals surface area contributed by atoms with E-state index in [0.29, 0.717) is 12.8 Å². The van der Waals surface area contributed by atoms with E-state index in [-0.39, 0.29) is 10.9 Å². The van der Waals surface area contributed by atoms with E-state index in [9.17, 15) is 9.18 Å². The molecule has 0 radical (unpaired) electrons. The topological polar surface area (TPSA) is 55.1 Å². The summed E-state index contributed by atoms with van der Waals surface area (Å²) in [5.74, 6) is -0.745. The van der Waals surface area contributed by atoms with Crippen LogP contribution in [0.3, 0.4) is 0 Å². The summed E-state index contributed by atoms with van der Waals surface area (Å²) < 4.78 is 13.4. The standard InChI is InChI=1S/C14H18ClFN2O/c15-11-4-3-10(9-12(11)16)5-7-14(13(17)19)6-1-2-8-18-14/h3-4,9,18H,1-2,5-8H2,(H2,17,19)/t14-/m0/s1. The van der Waals surface area contributed by atoms with E-state index in [0.717, 1.165) is 31.4 Å². The van der Waals surface area contributed by atoms with Gasteiger partial charge in [-0.15, -0.1) is 0 Å². The highest BCUT2D eigenvalue weighted by Crippen LogP contribution is 2.25. The van der Waals surface area contributed by atoms with Crippen molar-refractivity contribution in [2.24, 2.45) is 5.73 Å². The second-order valence-electron chi connectivity index (χ2n) is 5.08. The molecule has 3 nitrogen and oxygen atoms in total. The third kappa shape index (κ3) is 3.25. The molecule has 19 heavy (non-hydrogen) atoms. The van der Waals surface area contributed by atoms with Gasteiger partial charge in [-0.05, 0) is 56.3 Å². The highest BCUT2D eigenvalue weighted by atomic mass is 35.5. The summed E-state index contributed by atoms with van der Waals surface area (Å²) in [6.45, 7) is 0.803. The zero-order chi connectivity index (χ0) is 13.9. The molecule has 1 aliphatic rings. The Bertz CT molecular complexity index is 473. The van der Waals surface area contributed by atoms with Gasteiger partial charge in [0.05, 0.1) is 10.6 Å². The molecule has 0 bridgehead atoms. The molecule has 1 aromatic carbocycles. The summed E-state index contributed by atoms with van der Waals surface area (Å²) in [6, 6.07) is 4.74. The largest absolute Gasteiger partial charge is 0.368 e. The van der Waals surface area contributed by atoms with Gasteiger partial charge in [0.2, 0.25) is 5.91 Å². The number of benzene rings is 1. The molecular weight excluding hydrogens is 267 g/mol. The maximum atomic E-state index is 13.4. The van der Waals surface area contributed by atoms with Crippen LogP contribution >= 0.6 is 11.6 Å². The van der Waals surface area contributed by atoms with Gasteiger partial charge >= 0.3 is 0 Å². The summed E-state index contributed by atoms with van der Waals surface area (Å²) in [4.78, 5) is 11.7. The van der Waals surface area contributed by atoms with Crippen molar-refractivity contribution in [2.45, 2.75) is 37.6 Å². The molecular formula is C14H18ClFN2O. The molecule has 0 aromatic heterocycles. The SMILES string of the molecule is NC(=O)[C@@]1(CCc2ccc(Cl)c(F)c2)CCCCN1. The fourth-order valence-electron chi connectivity index (χ4n) is 2.57. The monoisotopic (exact) mass is 284 g/mol. The Morgan fingerprint density at radius 1 is 1.47 bits per heavy atom. The zero-order valence-electron chi connectivity index (χ0n) is 10.7. The number of primary amides is 1. The molecule has 1 fully saturated rings. The van der Waals surface area contributed by atoms with Crippen LogP contribution in [0, 0.1) is 5.82 Å². The van der Waals surface area contributed by atoms with Crippen molar-refractivity contribution in [3.05, 3.63) is 34.6 Å². The van der Waals surface area contributed by atoms with Gasteiger partial charge in [-0.2, -0.15) is 0 Å². The summed E-state index contributed by atoms with van der Waals surface area (Å²) in [5.41, 5.74) is 5.71. The molecule has 1 aromatic rings. The lowest BCUT2D eigenvalue weighted by molar-refractivity contribution is -0.125. The van der Waals surface area contributed by atoms with E-state index in [1.807, 2.05) is 0 Å². The van der Waals surface area contributed by atoms with Gasteiger partial charge in [-0.1, -0.05) is 17.7 Å². The van der Waals surface area contributed by atoms with Crippen molar-refractivity contribution in [3.8, 4) is 0 Å². The van der Waals surface area contributed by atoms with Gasteiger partial charge in [0.1, 0.15) is 5.82 Å². The molecule has 1 amide bonds. The lowest BCUT2D eigenvalue weighted by Crippen LogP contribution is -2.57. The van der Waals surface area contributed by atoms with Crippen LogP contribution in [0.4, 0.5) is 4.39 Å². The molecule has 1 atom stereocenters. The number of nitrogens with one attached hydrogen (secondary N) is 1. The molecule has 1 heterocycles. The molecule has 1 saturated heterocycles. The molecule has 2 rings (SSSR count). The predicted molar refractivity (Wildman–Crippen MR) is 73.5 cm³/mol. The molecule has 3 N–H and O–H groups in total. The van der Waals surface area contributed by atoms with E-state index in [1.54, 1.807) is 6.07 Å². The number of hydrogen-bond acceptors (Lipinski definition) is 2. The van der Waals surface area contributed by atoms with Crippen LogP contribution < -0.4 is 11.1 Å². The van der Waals surface area contributed by atoms with Crippen molar-refractivity contribution in [3.63, 3.8) is 0 Å². The Morgan fingerprint density at radius 3 is 2.84 bits per heavy atom. The smallest absolute Gasteiger partial charge is 0.237 e. The number of amides is 1. The Kier molecular flexibility index (Phi) is 4.42. The third-order valence-electron chi connectivity index (χ3n) is 3.79. The first kappa shape index (κ1) is 14.3. The Balaban J connectivity index is 2.06. The summed E-state index contributed by atoms with van der Waals surface area (Å²) >= 11 is 5.65. The normalized spacial score (nSPS) is 23.3. The number of carbonyl (C=O) groups excluding carboxylic acids is 1. The van der Waals surface area contributed by atoms with Crippen LogP contribution in [0.25, 0.3) is 0 Å². The van der Waals surface area contributed by atoms with Gasteiger partial charge in [-0.3, -0.25) is 4.79 Å². The molecule has 104 valence electrons. The van der Waals surface area contributed by atoms with Gasteiger partial charge in [0.15, 0.2) is 0 Å². The number of aryl methyl sites for hydroxylation is 1. The molecule has 0 spiro atoms. The minimum atomic E-state index is -0.644. The number of halogens is 2.